The van der Waals surface area contributed by atoms with Gasteiger partial charge in [-0.15, -0.1) is 24.0 Å². The summed E-state index contributed by atoms with van der Waals surface area (Å²) in [5.74, 6) is 2.13. The fourth-order valence-corrected chi connectivity index (χ4v) is 3.08. The molecule has 2 rings (SSSR count). The summed E-state index contributed by atoms with van der Waals surface area (Å²) < 4.78 is 10.7. The van der Waals surface area contributed by atoms with Crippen LogP contribution in [0.2, 0.25) is 0 Å². The number of likely N-dealkylation sites (tertiary alicyclic amines) is 1. The van der Waals surface area contributed by atoms with Crippen LogP contribution in [0.4, 0.5) is 4.79 Å². The number of halogens is 1. The lowest BCUT2D eigenvalue weighted by Gasteiger charge is -2.33. The second-order valence-electron chi connectivity index (χ2n) is 8.07. The predicted octanol–water partition coefficient (Wildman–Crippen LogP) is 3.63. The van der Waals surface area contributed by atoms with Gasteiger partial charge in [-0.05, 0) is 57.2 Å². The monoisotopic (exact) mass is 518 g/mol. The Hall–Kier alpha value is -1.71. The van der Waals surface area contributed by atoms with Gasteiger partial charge in [-0.25, -0.2) is 4.79 Å². The summed E-state index contributed by atoms with van der Waals surface area (Å²) in [5.41, 5.74) is 0.684. The molecule has 0 aliphatic carbocycles. The van der Waals surface area contributed by atoms with Crippen molar-refractivity contribution >= 4 is 36.0 Å². The van der Waals surface area contributed by atoms with Crippen LogP contribution in [0, 0.1) is 5.92 Å². The van der Waals surface area contributed by atoms with Gasteiger partial charge in [0.2, 0.25) is 0 Å². The van der Waals surface area contributed by atoms with E-state index in [1.807, 2.05) is 39.0 Å². The fraction of sp³-hybridized carbons (Fsp3) is 0.619. The molecule has 0 bridgehead atoms. The Morgan fingerprint density at radius 3 is 2.52 bits per heavy atom. The van der Waals surface area contributed by atoms with Crippen molar-refractivity contribution in [3.8, 4) is 5.75 Å². The van der Waals surface area contributed by atoms with Crippen LogP contribution in [-0.4, -0.2) is 56.3 Å². The number of methoxy groups -OCH3 is 1. The van der Waals surface area contributed by atoms with Crippen LogP contribution in [0.15, 0.2) is 29.3 Å². The minimum atomic E-state index is -0.448. The number of nitrogens with zero attached hydrogens (tertiary/aromatic N) is 2. The number of hydrogen-bond acceptors (Lipinski definition) is 4. The van der Waals surface area contributed by atoms with Crippen LogP contribution < -0.4 is 15.4 Å². The van der Waals surface area contributed by atoms with Gasteiger partial charge in [0.05, 0.1) is 7.11 Å². The summed E-state index contributed by atoms with van der Waals surface area (Å²) in [4.78, 5) is 18.2. The third-order valence-corrected chi connectivity index (χ3v) is 4.64. The van der Waals surface area contributed by atoms with Crippen molar-refractivity contribution < 1.29 is 14.3 Å². The SMILES string of the molecule is CN=C(NCc1cccc(OC)c1)NCC1CCN(C(=O)OC(C)(C)C)CC1.I. The molecule has 164 valence electrons. The van der Waals surface area contributed by atoms with Crippen LogP contribution in [0.5, 0.6) is 5.75 Å². The molecule has 1 heterocycles. The second kappa shape index (κ2) is 12.1. The molecule has 29 heavy (non-hydrogen) atoms. The number of aliphatic imine (C=N–C) groups is 1. The van der Waals surface area contributed by atoms with E-state index in [-0.39, 0.29) is 30.1 Å². The third kappa shape index (κ3) is 9.10. The Kier molecular flexibility index (Phi) is 10.6. The Labute approximate surface area is 191 Å². The zero-order valence-electron chi connectivity index (χ0n) is 18.2. The number of benzene rings is 1. The van der Waals surface area contributed by atoms with Crippen molar-refractivity contribution in [2.45, 2.75) is 45.8 Å². The molecule has 1 aliphatic rings. The maximum atomic E-state index is 12.1. The van der Waals surface area contributed by atoms with Gasteiger partial charge in [-0.1, -0.05) is 12.1 Å². The van der Waals surface area contributed by atoms with Crippen molar-refractivity contribution in [3.05, 3.63) is 29.8 Å². The number of amides is 1. The second-order valence-corrected chi connectivity index (χ2v) is 8.07. The summed E-state index contributed by atoms with van der Waals surface area (Å²) in [5, 5.41) is 6.72. The van der Waals surface area contributed by atoms with Crippen LogP contribution in [0.25, 0.3) is 0 Å². The summed E-state index contributed by atoms with van der Waals surface area (Å²) in [6, 6.07) is 7.96. The number of nitrogens with one attached hydrogen (secondary N) is 2. The minimum Gasteiger partial charge on any atom is -0.497 e. The highest BCUT2D eigenvalue weighted by Gasteiger charge is 2.26. The average Bonchev–Trinajstić information content (AvgIpc) is 2.67. The first-order valence-corrected chi connectivity index (χ1v) is 9.86. The maximum absolute atomic E-state index is 12.1. The number of carbonyl (C=O) groups excluding carboxylic acids is 1. The number of guanidine groups is 1. The molecule has 1 saturated heterocycles. The van der Waals surface area contributed by atoms with Crippen LogP contribution in [0.3, 0.4) is 0 Å². The van der Waals surface area contributed by atoms with Gasteiger partial charge in [0.15, 0.2) is 5.96 Å². The lowest BCUT2D eigenvalue weighted by atomic mass is 9.97. The zero-order valence-corrected chi connectivity index (χ0v) is 20.5. The molecule has 8 heteroatoms. The van der Waals surface area contributed by atoms with Crippen molar-refractivity contribution in [2.75, 3.05) is 33.8 Å². The molecule has 1 aromatic rings. The zero-order chi connectivity index (χ0) is 20.6. The first-order chi connectivity index (χ1) is 13.3. The molecule has 0 unspecified atom stereocenters. The van der Waals surface area contributed by atoms with Crippen LogP contribution in [-0.2, 0) is 11.3 Å². The highest BCUT2D eigenvalue weighted by molar-refractivity contribution is 14.0. The molecular formula is C21H35IN4O3. The fourth-order valence-electron chi connectivity index (χ4n) is 3.08. The first-order valence-electron chi connectivity index (χ1n) is 9.86. The number of piperidine rings is 1. The van der Waals surface area contributed by atoms with Crippen molar-refractivity contribution in [1.82, 2.24) is 15.5 Å². The van der Waals surface area contributed by atoms with Crippen LogP contribution in [0.1, 0.15) is 39.2 Å². The highest BCUT2D eigenvalue weighted by atomic mass is 127. The molecule has 7 nitrogen and oxygen atoms in total. The van der Waals surface area contributed by atoms with Gasteiger partial charge in [0, 0.05) is 33.2 Å². The Morgan fingerprint density at radius 1 is 1.24 bits per heavy atom. The number of hydrogen-bond donors (Lipinski definition) is 2. The van der Waals surface area contributed by atoms with Gasteiger partial charge in [0.1, 0.15) is 11.4 Å². The van der Waals surface area contributed by atoms with Gasteiger partial charge in [0.25, 0.3) is 0 Å². The van der Waals surface area contributed by atoms with Crippen molar-refractivity contribution in [1.29, 1.82) is 0 Å². The number of ether oxygens (including phenoxy) is 2. The van der Waals surface area contributed by atoms with E-state index in [1.165, 1.54) is 0 Å². The molecule has 0 spiro atoms. The predicted molar refractivity (Wildman–Crippen MR) is 127 cm³/mol. The largest absolute Gasteiger partial charge is 0.497 e. The van der Waals surface area contributed by atoms with E-state index in [4.69, 9.17) is 9.47 Å². The Morgan fingerprint density at radius 2 is 1.93 bits per heavy atom. The third-order valence-electron chi connectivity index (χ3n) is 4.64. The Bertz CT molecular complexity index is 668. The molecule has 0 saturated carbocycles. The lowest BCUT2D eigenvalue weighted by Crippen LogP contribution is -2.45. The van der Waals surface area contributed by atoms with E-state index in [0.29, 0.717) is 12.5 Å². The van der Waals surface area contributed by atoms with Crippen molar-refractivity contribution in [2.24, 2.45) is 10.9 Å². The topological polar surface area (TPSA) is 75.2 Å². The molecule has 1 aromatic carbocycles. The van der Waals surface area contributed by atoms with Gasteiger partial charge in [-0.3, -0.25) is 4.99 Å². The van der Waals surface area contributed by atoms with E-state index in [2.05, 4.69) is 21.7 Å². The van der Waals surface area contributed by atoms with E-state index >= 15 is 0 Å². The maximum Gasteiger partial charge on any atom is 0.410 e. The molecule has 0 aromatic heterocycles. The summed E-state index contributed by atoms with van der Waals surface area (Å²) in [6.45, 7) is 8.66. The van der Waals surface area contributed by atoms with Gasteiger partial charge < -0.3 is 25.0 Å². The van der Waals surface area contributed by atoms with Gasteiger partial charge >= 0.3 is 6.09 Å². The average molecular weight is 518 g/mol. The van der Waals surface area contributed by atoms with E-state index in [0.717, 1.165) is 49.7 Å². The lowest BCUT2D eigenvalue weighted by molar-refractivity contribution is 0.0185. The van der Waals surface area contributed by atoms with E-state index < -0.39 is 5.60 Å². The summed E-state index contributed by atoms with van der Waals surface area (Å²) in [7, 11) is 3.44. The van der Waals surface area contributed by atoms with E-state index in [9.17, 15) is 4.79 Å². The van der Waals surface area contributed by atoms with Crippen molar-refractivity contribution in [3.63, 3.8) is 0 Å². The molecule has 0 atom stereocenters. The molecule has 1 aliphatic heterocycles. The standard InChI is InChI=1S/C21H34N4O3.HI/c1-21(2,3)28-20(26)25-11-9-16(10-12-25)14-23-19(22-4)24-15-17-7-6-8-18(13-17)27-5;/h6-8,13,16H,9-12,14-15H2,1-5H3,(H2,22,23,24);1H. The Balaban J connectivity index is 0.00000420. The quantitative estimate of drug-likeness (QED) is 0.354. The normalized spacial score (nSPS) is 15.3. The van der Waals surface area contributed by atoms with Gasteiger partial charge in [-0.2, -0.15) is 0 Å². The molecule has 0 radical (unpaired) electrons. The number of carbonyl (C=O) groups is 1. The van der Waals surface area contributed by atoms with E-state index in [1.54, 1.807) is 19.1 Å². The molecular weight excluding hydrogens is 483 g/mol. The molecule has 2 N–H and O–H groups in total. The number of rotatable bonds is 5. The first kappa shape index (κ1) is 25.3. The minimum absolute atomic E-state index is 0. The smallest absolute Gasteiger partial charge is 0.410 e. The molecule has 1 amide bonds. The summed E-state index contributed by atoms with van der Waals surface area (Å²) >= 11 is 0. The molecule has 1 fully saturated rings. The highest BCUT2D eigenvalue weighted by Crippen LogP contribution is 2.19. The van der Waals surface area contributed by atoms with Crippen LogP contribution >= 0.6 is 24.0 Å². The summed E-state index contributed by atoms with van der Waals surface area (Å²) in [6.07, 6.45) is 1.70.